The Labute approximate surface area is 117 Å². The number of nitro benzene ring substituents is 1. The normalized spacial score (nSPS) is 18.6. The van der Waals surface area contributed by atoms with Crippen LogP contribution in [0.2, 0.25) is 0 Å². The Bertz CT molecular complexity index is 537. The third kappa shape index (κ3) is 3.14. The highest BCUT2D eigenvalue weighted by Gasteiger charge is 2.23. The first-order valence-electron chi connectivity index (χ1n) is 6.79. The number of carbonyl (C=O) groups excluding carboxylic acids is 1. The number of hydrogen-bond acceptors (Lipinski definition) is 4. The average molecular weight is 277 g/mol. The number of carbonyl (C=O) groups is 1. The van der Waals surface area contributed by atoms with Crippen molar-refractivity contribution >= 4 is 17.3 Å². The summed E-state index contributed by atoms with van der Waals surface area (Å²) in [5, 5.41) is 16.9. The average Bonchev–Trinajstić information content (AvgIpc) is 2.43. The molecule has 0 saturated carbocycles. The first-order valence-corrected chi connectivity index (χ1v) is 6.79. The van der Waals surface area contributed by atoms with Crippen LogP contribution < -0.4 is 10.6 Å². The molecule has 1 saturated heterocycles. The lowest BCUT2D eigenvalue weighted by Gasteiger charge is -2.22. The van der Waals surface area contributed by atoms with Crippen molar-refractivity contribution in [1.29, 1.82) is 0 Å². The van der Waals surface area contributed by atoms with E-state index in [9.17, 15) is 14.9 Å². The van der Waals surface area contributed by atoms with Gasteiger partial charge in [-0.3, -0.25) is 14.9 Å². The molecular formula is C14H19N3O3. The van der Waals surface area contributed by atoms with Gasteiger partial charge < -0.3 is 10.6 Å². The van der Waals surface area contributed by atoms with Gasteiger partial charge in [-0.15, -0.1) is 0 Å². The lowest BCUT2D eigenvalue weighted by Crippen LogP contribution is -2.43. The molecule has 1 amide bonds. The van der Waals surface area contributed by atoms with E-state index in [1.54, 1.807) is 6.07 Å². The predicted molar refractivity (Wildman–Crippen MR) is 76.8 cm³/mol. The fourth-order valence-corrected chi connectivity index (χ4v) is 2.35. The maximum atomic E-state index is 12.1. The fraction of sp³-hybridized carbons (Fsp3) is 0.500. The molecule has 2 N–H and O–H groups in total. The molecule has 1 fully saturated rings. The third-order valence-corrected chi connectivity index (χ3v) is 3.69. The third-order valence-electron chi connectivity index (χ3n) is 3.69. The Balaban J connectivity index is 2.21. The maximum Gasteiger partial charge on any atom is 0.293 e. The zero-order valence-electron chi connectivity index (χ0n) is 11.7. The minimum atomic E-state index is -0.462. The molecular weight excluding hydrogens is 258 g/mol. The van der Waals surface area contributed by atoms with Gasteiger partial charge in [-0.25, -0.2) is 0 Å². The number of nitrogens with one attached hydrogen (secondary N) is 2. The number of piperidine rings is 1. The van der Waals surface area contributed by atoms with Crippen LogP contribution in [0.3, 0.4) is 0 Å². The van der Waals surface area contributed by atoms with Crippen molar-refractivity contribution in [3.05, 3.63) is 33.4 Å². The molecule has 1 aromatic carbocycles. The molecule has 0 spiro atoms. The molecule has 0 radical (unpaired) electrons. The Morgan fingerprint density at radius 1 is 1.35 bits per heavy atom. The summed E-state index contributed by atoms with van der Waals surface area (Å²) >= 11 is 0. The summed E-state index contributed by atoms with van der Waals surface area (Å²) in [5.41, 5.74) is 1.97. The number of benzene rings is 1. The van der Waals surface area contributed by atoms with E-state index in [2.05, 4.69) is 10.6 Å². The fourth-order valence-electron chi connectivity index (χ4n) is 2.35. The molecule has 1 aliphatic heterocycles. The number of nitro groups is 1. The van der Waals surface area contributed by atoms with E-state index >= 15 is 0 Å². The minimum absolute atomic E-state index is 0.0581. The summed E-state index contributed by atoms with van der Waals surface area (Å²) in [7, 11) is 0. The molecule has 1 atom stereocenters. The molecule has 0 aromatic heterocycles. The molecule has 1 aromatic rings. The van der Waals surface area contributed by atoms with Crippen LogP contribution in [-0.4, -0.2) is 23.4 Å². The summed E-state index contributed by atoms with van der Waals surface area (Å²) < 4.78 is 0. The molecule has 1 heterocycles. The molecule has 0 unspecified atom stereocenters. The van der Waals surface area contributed by atoms with Gasteiger partial charge >= 0.3 is 0 Å². The van der Waals surface area contributed by atoms with Crippen LogP contribution in [0.4, 0.5) is 11.4 Å². The summed E-state index contributed by atoms with van der Waals surface area (Å²) in [4.78, 5) is 22.8. The summed E-state index contributed by atoms with van der Waals surface area (Å²) in [5.74, 6) is -0.198. The van der Waals surface area contributed by atoms with Crippen LogP contribution in [-0.2, 0) is 4.79 Å². The number of hydrogen-bond donors (Lipinski definition) is 2. The van der Waals surface area contributed by atoms with E-state index in [0.717, 1.165) is 36.9 Å². The molecule has 6 heteroatoms. The van der Waals surface area contributed by atoms with Crippen molar-refractivity contribution in [2.75, 3.05) is 11.9 Å². The second kappa shape index (κ2) is 6.00. The van der Waals surface area contributed by atoms with Gasteiger partial charge in [0.1, 0.15) is 5.69 Å². The van der Waals surface area contributed by atoms with Crippen molar-refractivity contribution in [3.63, 3.8) is 0 Å². The van der Waals surface area contributed by atoms with Gasteiger partial charge in [-0.2, -0.15) is 0 Å². The van der Waals surface area contributed by atoms with Crippen molar-refractivity contribution in [2.45, 2.75) is 39.2 Å². The maximum absolute atomic E-state index is 12.1. The van der Waals surface area contributed by atoms with Gasteiger partial charge in [0.25, 0.3) is 5.69 Å². The lowest BCUT2D eigenvalue weighted by molar-refractivity contribution is -0.384. The summed E-state index contributed by atoms with van der Waals surface area (Å²) in [6.07, 6.45) is 2.83. The predicted octanol–water partition coefficient (Wildman–Crippen LogP) is 2.29. The first kappa shape index (κ1) is 14.5. The zero-order chi connectivity index (χ0) is 14.7. The largest absolute Gasteiger partial charge is 0.319 e. The number of anilines is 1. The van der Waals surface area contributed by atoms with Crippen LogP contribution in [0.1, 0.15) is 30.4 Å². The topological polar surface area (TPSA) is 84.3 Å². The van der Waals surface area contributed by atoms with E-state index < -0.39 is 4.92 Å². The second-order valence-electron chi connectivity index (χ2n) is 5.20. The van der Waals surface area contributed by atoms with Crippen molar-refractivity contribution in [2.24, 2.45) is 0 Å². The first-order chi connectivity index (χ1) is 9.49. The van der Waals surface area contributed by atoms with Crippen LogP contribution in [0.25, 0.3) is 0 Å². The molecule has 0 aliphatic carbocycles. The van der Waals surface area contributed by atoms with E-state index in [1.165, 1.54) is 6.07 Å². The van der Waals surface area contributed by atoms with Gasteiger partial charge in [0.2, 0.25) is 5.91 Å². The Hall–Kier alpha value is -1.95. The van der Waals surface area contributed by atoms with Crippen molar-refractivity contribution in [3.8, 4) is 0 Å². The van der Waals surface area contributed by atoms with E-state index in [0.29, 0.717) is 0 Å². The highest BCUT2D eigenvalue weighted by Crippen LogP contribution is 2.28. The molecule has 20 heavy (non-hydrogen) atoms. The molecule has 2 rings (SSSR count). The quantitative estimate of drug-likeness (QED) is 0.655. The van der Waals surface area contributed by atoms with Gasteiger partial charge in [0, 0.05) is 6.07 Å². The van der Waals surface area contributed by atoms with Crippen LogP contribution >= 0.6 is 0 Å². The highest BCUT2D eigenvalue weighted by atomic mass is 16.6. The molecule has 6 nitrogen and oxygen atoms in total. The number of nitrogens with zero attached hydrogens (tertiary/aromatic N) is 1. The second-order valence-corrected chi connectivity index (χ2v) is 5.20. The van der Waals surface area contributed by atoms with E-state index in [4.69, 9.17) is 0 Å². The molecule has 1 aliphatic rings. The van der Waals surface area contributed by atoms with E-state index in [1.807, 2.05) is 13.8 Å². The standard InChI is InChI=1S/C14H19N3O3/c1-9-7-12(13(17(19)20)8-10(9)2)16-14(18)11-5-3-4-6-15-11/h7-8,11,15H,3-6H2,1-2H3,(H,16,18)/t11-/m0/s1. The minimum Gasteiger partial charge on any atom is -0.319 e. The van der Waals surface area contributed by atoms with Gasteiger partial charge in [0.05, 0.1) is 11.0 Å². The Kier molecular flexibility index (Phi) is 4.34. The number of rotatable bonds is 3. The molecule has 0 bridgehead atoms. The SMILES string of the molecule is Cc1cc(NC(=O)[C@@H]2CCCCN2)c([N+](=O)[O-])cc1C. The smallest absolute Gasteiger partial charge is 0.293 e. The van der Waals surface area contributed by atoms with Crippen molar-refractivity contribution < 1.29 is 9.72 Å². The summed E-state index contributed by atoms with van der Waals surface area (Å²) in [6, 6.07) is 2.90. The van der Waals surface area contributed by atoms with Gasteiger partial charge in [-0.1, -0.05) is 6.42 Å². The highest BCUT2D eigenvalue weighted by molar-refractivity contribution is 5.97. The molecule has 108 valence electrons. The van der Waals surface area contributed by atoms with Crippen LogP contribution in [0.5, 0.6) is 0 Å². The number of aryl methyl sites for hydroxylation is 2. The number of amides is 1. The summed E-state index contributed by atoms with van der Waals surface area (Å²) in [6.45, 7) is 4.50. The van der Waals surface area contributed by atoms with E-state index in [-0.39, 0.29) is 23.3 Å². The van der Waals surface area contributed by atoms with Crippen molar-refractivity contribution in [1.82, 2.24) is 5.32 Å². The monoisotopic (exact) mass is 277 g/mol. The van der Waals surface area contributed by atoms with Gasteiger partial charge in [-0.05, 0) is 50.4 Å². The van der Waals surface area contributed by atoms with Gasteiger partial charge in [0.15, 0.2) is 0 Å². The Morgan fingerprint density at radius 2 is 2.05 bits per heavy atom. The Morgan fingerprint density at radius 3 is 2.65 bits per heavy atom. The van der Waals surface area contributed by atoms with Crippen LogP contribution in [0, 0.1) is 24.0 Å². The lowest BCUT2D eigenvalue weighted by atomic mass is 10.0. The zero-order valence-corrected chi connectivity index (χ0v) is 11.7. The van der Waals surface area contributed by atoms with Crippen LogP contribution in [0.15, 0.2) is 12.1 Å².